The standard InChI is InChI=1S/C11H17N3O/c1-8-3-4-9(7-10(8)13)11(15)14(2)6-5-12/h3-4,7H,5-6,12-13H2,1-2H3. The first-order chi connectivity index (χ1) is 7.06. The SMILES string of the molecule is Cc1ccc(C(=O)N(C)CCN)cc1N. The summed E-state index contributed by atoms with van der Waals surface area (Å²) in [4.78, 5) is 13.4. The van der Waals surface area contributed by atoms with Crippen LogP contribution in [0.3, 0.4) is 0 Å². The second-order valence-corrected chi connectivity index (χ2v) is 3.59. The van der Waals surface area contributed by atoms with Gasteiger partial charge in [-0.05, 0) is 24.6 Å². The number of hydrogen-bond acceptors (Lipinski definition) is 3. The number of anilines is 1. The maximum atomic E-state index is 11.8. The van der Waals surface area contributed by atoms with Gasteiger partial charge in [-0.15, -0.1) is 0 Å². The highest BCUT2D eigenvalue weighted by Crippen LogP contribution is 2.13. The van der Waals surface area contributed by atoms with Gasteiger partial charge in [0.1, 0.15) is 0 Å². The molecule has 1 aromatic rings. The minimum atomic E-state index is -0.0489. The Kier molecular flexibility index (Phi) is 3.68. The summed E-state index contributed by atoms with van der Waals surface area (Å²) in [7, 11) is 1.73. The van der Waals surface area contributed by atoms with E-state index in [4.69, 9.17) is 11.5 Å². The zero-order valence-electron chi connectivity index (χ0n) is 9.16. The Labute approximate surface area is 89.9 Å². The third-order valence-electron chi connectivity index (χ3n) is 2.34. The van der Waals surface area contributed by atoms with Crippen LogP contribution in [-0.4, -0.2) is 30.9 Å². The first kappa shape index (κ1) is 11.5. The summed E-state index contributed by atoms with van der Waals surface area (Å²) >= 11 is 0. The molecule has 0 aliphatic heterocycles. The van der Waals surface area contributed by atoms with E-state index in [1.54, 1.807) is 24.1 Å². The average Bonchev–Trinajstić information content (AvgIpc) is 2.21. The second kappa shape index (κ2) is 4.79. The lowest BCUT2D eigenvalue weighted by Crippen LogP contribution is -2.31. The molecule has 4 nitrogen and oxygen atoms in total. The van der Waals surface area contributed by atoms with E-state index in [0.717, 1.165) is 5.56 Å². The van der Waals surface area contributed by atoms with Crippen molar-refractivity contribution in [3.8, 4) is 0 Å². The van der Waals surface area contributed by atoms with Crippen molar-refractivity contribution >= 4 is 11.6 Å². The summed E-state index contributed by atoms with van der Waals surface area (Å²) in [6.07, 6.45) is 0. The smallest absolute Gasteiger partial charge is 0.253 e. The molecule has 0 aliphatic rings. The van der Waals surface area contributed by atoms with E-state index in [-0.39, 0.29) is 5.91 Å². The molecule has 0 atom stereocenters. The number of nitrogens with zero attached hydrogens (tertiary/aromatic N) is 1. The molecule has 0 saturated heterocycles. The molecule has 0 fully saturated rings. The summed E-state index contributed by atoms with van der Waals surface area (Å²) in [6.45, 7) is 2.92. The summed E-state index contributed by atoms with van der Waals surface area (Å²) < 4.78 is 0. The van der Waals surface area contributed by atoms with Crippen LogP contribution in [0.15, 0.2) is 18.2 Å². The Morgan fingerprint density at radius 2 is 2.13 bits per heavy atom. The Morgan fingerprint density at radius 3 is 2.67 bits per heavy atom. The lowest BCUT2D eigenvalue weighted by atomic mass is 10.1. The summed E-state index contributed by atoms with van der Waals surface area (Å²) in [5.41, 5.74) is 13.3. The predicted octanol–water partition coefficient (Wildman–Crippen LogP) is 0.608. The van der Waals surface area contributed by atoms with Gasteiger partial charge in [0.15, 0.2) is 0 Å². The fourth-order valence-electron chi connectivity index (χ4n) is 1.29. The molecule has 0 heterocycles. The van der Waals surface area contributed by atoms with Crippen LogP contribution in [0.1, 0.15) is 15.9 Å². The molecule has 0 unspecified atom stereocenters. The summed E-state index contributed by atoms with van der Waals surface area (Å²) in [5.74, 6) is -0.0489. The van der Waals surface area contributed by atoms with Crippen LogP contribution in [0.25, 0.3) is 0 Å². The molecule has 1 amide bonds. The summed E-state index contributed by atoms with van der Waals surface area (Å²) in [5, 5.41) is 0. The molecule has 15 heavy (non-hydrogen) atoms. The molecule has 0 saturated carbocycles. The van der Waals surface area contributed by atoms with Gasteiger partial charge in [-0.2, -0.15) is 0 Å². The maximum Gasteiger partial charge on any atom is 0.253 e. The fraction of sp³-hybridized carbons (Fsp3) is 0.364. The normalized spacial score (nSPS) is 10.1. The third kappa shape index (κ3) is 2.70. The first-order valence-electron chi connectivity index (χ1n) is 4.88. The van der Waals surface area contributed by atoms with Gasteiger partial charge in [-0.1, -0.05) is 6.07 Å². The quantitative estimate of drug-likeness (QED) is 0.713. The van der Waals surface area contributed by atoms with E-state index >= 15 is 0 Å². The highest BCUT2D eigenvalue weighted by atomic mass is 16.2. The van der Waals surface area contributed by atoms with E-state index in [1.807, 2.05) is 13.0 Å². The largest absolute Gasteiger partial charge is 0.398 e. The highest BCUT2D eigenvalue weighted by molar-refractivity contribution is 5.95. The van der Waals surface area contributed by atoms with Gasteiger partial charge in [-0.3, -0.25) is 4.79 Å². The zero-order chi connectivity index (χ0) is 11.4. The maximum absolute atomic E-state index is 11.8. The molecule has 0 aromatic heterocycles. The number of carbonyl (C=O) groups is 1. The van der Waals surface area contributed by atoms with Crippen molar-refractivity contribution in [2.45, 2.75) is 6.92 Å². The molecule has 1 aromatic carbocycles. The van der Waals surface area contributed by atoms with Crippen LogP contribution in [-0.2, 0) is 0 Å². The molecule has 0 spiro atoms. The monoisotopic (exact) mass is 207 g/mol. The first-order valence-corrected chi connectivity index (χ1v) is 4.88. The molecule has 0 aliphatic carbocycles. The van der Waals surface area contributed by atoms with Gasteiger partial charge in [0.05, 0.1) is 0 Å². The van der Waals surface area contributed by atoms with Crippen molar-refractivity contribution in [3.05, 3.63) is 29.3 Å². The number of rotatable bonds is 3. The van der Waals surface area contributed by atoms with Crippen molar-refractivity contribution in [3.63, 3.8) is 0 Å². The minimum absolute atomic E-state index is 0.0489. The van der Waals surface area contributed by atoms with Gasteiger partial charge in [0, 0.05) is 31.4 Å². The van der Waals surface area contributed by atoms with Crippen LogP contribution < -0.4 is 11.5 Å². The van der Waals surface area contributed by atoms with Crippen molar-refractivity contribution in [2.24, 2.45) is 5.73 Å². The number of carbonyl (C=O) groups excluding carboxylic acids is 1. The fourth-order valence-corrected chi connectivity index (χ4v) is 1.29. The third-order valence-corrected chi connectivity index (χ3v) is 2.34. The molecule has 4 N–H and O–H groups in total. The molecule has 0 radical (unpaired) electrons. The van der Waals surface area contributed by atoms with Gasteiger partial charge in [0.2, 0.25) is 0 Å². The van der Waals surface area contributed by atoms with Gasteiger partial charge < -0.3 is 16.4 Å². The van der Waals surface area contributed by atoms with Gasteiger partial charge >= 0.3 is 0 Å². The average molecular weight is 207 g/mol. The van der Waals surface area contributed by atoms with Crippen molar-refractivity contribution in [2.75, 3.05) is 25.9 Å². The highest BCUT2D eigenvalue weighted by Gasteiger charge is 2.11. The van der Waals surface area contributed by atoms with E-state index in [2.05, 4.69) is 0 Å². The number of hydrogen-bond donors (Lipinski definition) is 2. The number of nitrogens with two attached hydrogens (primary N) is 2. The number of likely N-dealkylation sites (N-methyl/N-ethyl adjacent to an activating group) is 1. The number of amides is 1. The van der Waals surface area contributed by atoms with Crippen LogP contribution in [0.5, 0.6) is 0 Å². The Bertz CT molecular complexity index is 363. The minimum Gasteiger partial charge on any atom is -0.398 e. The van der Waals surface area contributed by atoms with Crippen molar-refractivity contribution in [1.29, 1.82) is 0 Å². The Morgan fingerprint density at radius 1 is 1.47 bits per heavy atom. The predicted molar refractivity (Wildman–Crippen MR) is 61.6 cm³/mol. The van der Waals surface area contributed by atoms with Crippen LogP contribution >= 0.6 is 0 Å². The van der Waals surface area contributed by atoms with E-state index in [0.29, 0.717) is 24.3 Å². The molecule has 82 valence electrons. The number of aryl methyl sites for hydroxylation is 1. The molecular weight excluding hydrogens is 190 g/mol. The van der Waals surface area contributed by atoms with Crippen molar-refractivity contribution in [1.82, 2.24) is 4.90 Å². The van der Waals surface area contributed by atoms with Crippen LogP contribution in [0, 0.1) is 6.92 Å². The molecule has 0 bridgehead atoms. The topological polar surface area (TPSA) is 72.3 Å². The van der Waals surface area contributed by atoms with Crippen LogP contribution in [0.4, 0.5) is 5.69 Å². The van der Waals surface area contributed by atoms with Crippen LogP contribution in [0.2, 0.25) is 0 Å². The van der Waals surface area contributed by atoms with E-state index < -0.39 is 0 Å². The second-order valence-electron chi connectivity index (χ2n) is 3.59. The van der Waals surface area contributed by atoms with E-state index in [1.165, 1.54) is 0 Å². The number of nitrogen functional groups attached to an aromatic ring is 1. The summed E-state index contributed by atoms with van der Waals surface area (Å²) in [6, 6.07) is 5.32. The Balaban J connectivity index is 2.87. The number of benzene rings is 1. The van der Waals surface area contributed by atoms with Gasteiger partial charge in [-0.25, -0.2) is 0 Å². The Hall–Kier alpha value is -1.55. The lowest BCUT2D eigenvalue weighted by molar-refractivity contribution is 0.0799. The van der Waals surface area contributed by atoms with Crippen molar-refractivity contribution < 1.29 is 4.79 Å². The lowest BCUT2D eigenvalue weighted by Gasteiger charge is -2.16. The molecule has 4 heteroatoms. The zero-order valence-corrected chi connectivity index (χ0v) is 9.16. The molecular formula is C11H17N3O. The molecule has 1 rings (SSSR count). The van der Waals surface area contributed by atoms with Gasteiger partial charge in [0.25, 0.3) is 5.91 Å². The van der Waals surface area contributed by atoms with E-state index in [9.17, 15) is 4.79 Å².